The molecule has 0 unspecified atom stereocenters. The average molecular weight is 498 g/mol. The van der Waals surface area contributed by atoms with Gasteiger partial charge < -0.3 is 15.8 Å². The molecule has 1 aliphatic rings. The number of nitrogens with one attached hydrogen (secondary N) is 1. The van der Waals surface area contributed by atoms with E-state index in [0.29, 0.717) is 48.0 Å². The number of ether oxygens (including phenoxy) is 1. The van der Waals surface area contributed by atoms with Crippen molar-refractivity contribution in [1.29, 1.82) is 0 Å². The minimum absolute atomic E-state index is 0.139. The molecule has 188 valence electrons. The molecule has 10 nitrogen and oxygen atoms in total. The van der Waals surface area contributed by atoms with Gasteiger partial charge in [0.1, 0.15) is 17.8 Å². The molecule has 4 aromatic rings. The number of fused-ring (bicyclic) bond motifs is 1. The molecule has 1 saturated heterocycles. The largest absolute Gasteiger partial charge is 0.383 e. The number of aryl methyl sites for hydroxylation is 1. The van der Waals surface area contributed by atoms with Gasteiger partial charge in [-0.25, -0.2) is 19.4 Å². The highest BCUT2D eigenvalue weighted by Crippen LogP contribution is 2.31. The van der Waals surface area contributed by atoms with Crippen LogP contribution in [0.3, 0.4) is 0 Å². The van der Waals surface area contributed by atoms with E-state index in [1.807, 2.05) is 55.5 Å². The first-order valence-corrected chi connectivity index (χ1v) is 11.9. The average Bonchev–Trinajstić information content (AvgIpc) is 3.54. The summed E-state index contributed by atoms with van der Waals surface area (Å²) in [5.41, 5.74) is 10.6. The second-order valence-corrected chi connectivity index (χ2v) is 8.61. The van der Waals surface area contributed by atoms with Crippen LogP contribution in [0.2, 0.25) is 0 Å². The maximum atomic E-state index is 13.1. The smallest absolute Gasteiger partial charge is 0.346 e. The van der Waals surface area contributed by atoms with Gasteiger partial charge in [0.2, 0.25) is 0 Å². The monoisotopic (exact) mass is 497 g/mol. The SMILES string of the molecule is COCCn1nc(C#Cc2cc(NC(=O)N3OCC[C@@H]3c3ccccc3)ccc2C)c2c(N)ncnc21. The van der Waals surface area contributed by atoms with Gasteiger partial charge >= 0.3 is 6.03 Å². The molecule has 0 radical (unpaired) electrons. The molecular formula is C27H27N7O3. The Morgan fingerprint density at radius 2 is 2.05 bits per heavy atom. The highest BCUT2D eigenvalue weighted by molar-refractivity contribution is 5.91. The van der Waals surface area contributed by atoms with E-state index >= 15 is 0 Å². The number of aromatic nitrogens is 4. The number of hydrogen-bond acceptors (Lipinski definition) is 7. The van der Waals surface area contributed by atoms with Crippen LogP contribution in [0.5, 0.6) is 0 Å². The molecule has 10 heteroatoms. The molecule has 3 N–H and O–H groups in total. The van der Waals surface area contributed by atoms with Gasteiger partial charge in [0, 0.05) is 24.8 Å². The van der Waals surface area contributed by atoms with Crippen molar-refractivity contribution < 1.29 is 14.4 Å². The summed E-state index contributed by atoms with van der Waals surface area (Å²) >= 11 is 0. The summed E-state index contributed by atoms with van der Waals surface area (Å²) in [4.78, 5) is 27.1. The van der Waals surface area contributed by atoms with Crippen molar-refractivity contribution in [2.75, 3.05) is 31.4 Å². The maximum Gasteiger partial charge on any atom is 0.346 e. The third-order valence-corrected chi connectivity index (χ3v) is 6.16. The van der Waals surface area contributed by atoms with Gasteiger partial charge in [0.15, 0.2) is 5.65 Å². The molecule has 0 saturated carbocycles. The highest BCUT2D eigenvalue weighted by atomic mass is 16.7. The summed E-state index contributed by atoms with van der Waals surface area (Å²) in [6.45, 7) is 3.42. The Balaban J connectivity index is 1.39. The van der Waals surface area contributed by atoms with E-state index in [1.54, 1.807) is 11.8 Å². The molecule has 2 aromatic heterocycles. The van der Waals surface area contributed by atoms with Crippen LogP contribution in [-0.2, 0) is 16.1 Å². The molecule has 1 aliphatic heterocycles. The Kier molecular flexibility index (Phi) is 6.98. The predicted molar refractivity (Wildman–Crippen MR) is 139 cm³/mol. The Morgan fingerprint density at radius 1 is 1.22 bits per heavy atom. The number of hydrogen-bond donors (Lipinski definition) is 2. The zero-order valence-electron chi connectivity index (χ0n) is 20.6. The number of benzene rings is 2. The molecule has 0 spiro atoms. The minimum Gasteiger partial charge on any atom is -0.383 e. The Bertz CT molecular complexity index is 1490. The van der Waals surface area contributed by atoms with Crippen LogP contribution in [0, 0.1) is 18.8 Å². The van der Waals surface area contributed by atoms with E-state index in [9.17, 15) is 4.79 Å². The van der Waals surface area contributed by atoms with Gasteiger partial charge in [-0.1, -0.05) is 42.3 Å². The maximum absolute atomic E-state index is 13.1. The van der Waals surface area contributed by atoms with E-state index in [4.69, 9.17) is 15.3 Å². The third kappa shape index (κ3) is 5.09. The zero-order chi connectivity index (χ0) is 25.8. The number of hydroxylamine groups is 2. The number of anilines is 2. The summed E-state index contributed by atoms with van der Waals surface area (Å²) in [6, 6.07) is 15.0. The van der Waals surface area contributed by atoms with Crippen LogP contribution < -0.4 is 11.1 Å². The molecule has 2 aromatic carbocycles. The Morgan fingerprint density at radius 3 is 2.86 bits per heavy atom. The molecule has 1 atom stereocenters. The van der Waals surface area contributed by atoms with Crippen LogP contribution in [0.25, 0.3) is 11.0 Å². The van der Waals surface area contributed by atoms with Gasteiger partial charge in [-0.05, 0) is 36.1 Å². The van der Waals surface area contributed by atoms with E-state index in [-0.39, 0.29) is 12.1 Å². The van der Waals surface area contributed by atoms with Crippen molar-refractivity contribution in [3.05, 3.63) is 77.2 Å². The Labute approximate surface area is 214 Å². The number of rotatable bonds is 5. The highest BCUT2D eigenvalue weighted by Gasteiger charge is 2.31. The van der Waals surface area contributed by atoms with Crippen LogP contribution in [0.15, 0.2) is 54.9 Å². The second kappa shape index (κ2) is 10.7. The lowest BCUT2D eigenvalue weighted by atomic mass is 10.1. The fourth-order valence-electron chi connectivity index (χ4n) is 4.24. The number of carbonyl (C=O) groups excluding carboxylic acids is 1. The van der Waals surface area contributed by atoms with Crippen molar-refractivity contribution in [3.8, 4) is 11.8 Å². The van der Waals surface area contributed by atoms with Crippen LogP contribution in [-0.4, -0.2) is 51.2 Å². The first kappa shape index (κ1) is 24.2. The topological polar surface area (TPSA) is 120 Å². The predicted octanol–water partition coefficient (Wildman–Crippen LogP) is 3.67. The first-order chi connectivity index (χ1) is 18.0. The molecule has 37 heavy (non-hydrogen) atoms. The minimum atomic E-state index is -0.332. The lowest BCUT2D eigenvalue weighted by Crippen LogP contribution is -2.33. The lowest BCUT2D eigenvalue weighted by molar-refractivity contribution is -0.0829. The lowest BCUT2D eigenvalue weighted by Gasteiger charge is -2.23. The number of nitrogens with two attached hydrogens (primary N) is 1. The van der Waals surface area contributed by atoms with E-state index < -0.39 is 0 Å². The summed E-state index contributed by atoms with van der Waals surface area (Å²) in [6.07, 6.45) is 2.14. The number of carbonyl (C=O) groups is 1. The zero-order valence-corrected chi connectivity index (χ0v) is 20.6. The van der Waals surface area contributed by atoms with Crippen LogP contribution in [0.4, 0.5) is 16.3 Å². The molecule has 3 heterocycles. The van der Waals surface area contributed by atoms with Gasteiger partial charge in [-0.3, -0.25) is 4.84 Å². The number of methoxy groups -OCH3 is 1. The van der Waals surface area contributed by atoms with E-state index in [2.05, 4.69) is 32.2 Å². The standard InChI is InChI=1S/C27H27N7O3/c1-18-8-10-21(31-27(35)34-23(12-14-37-34)19-6-4-3-5-7-19)16-20(18)9-11-22-24-25(28)29-17-30-26(24)33(32-22)13-15-36-2/h3-8,10,16-17,23H,12-15H2,1-2H3,(H,31,35)(H2,28,29,30)/t23-/m1/s1. The normalized spacial score (nSPS) is 15.0. The number of amides is 2. The van der Waals surface area contributed by atoms with Gasteiger partial charge in [0.25, 0.3) is 0 Å². The van der Waals surface area contributed by atoms with Crippen molar-refractivity contribution >= 4 is 28.6 Å². The molecule has 0 bridgehead atoms. The van der Waals surface area contributed by atoms with Crippen molar-refractivity contribution in [2.45, 2.75) is 25.9 Å². The fraction of sp³-hybridized carbons (Fsp3) is 0.259. The first-order valence-electron chi connectivity index (χ1n) is 11.9. The van der Waals surface area contributed by atoms with E-state index in [0.717, 1.165) is 23.1 Å². The quantitative estimate of drug-likeness (QED) is 0.404. The van der Waals surface area contributed by atoms with Gasteiger partial charge in [-0.2, -0.15) is 10.2 Å². The molecule has 2 amide bonds. The molecular weight excluding hydrogens is 470 g/mol. The number of nitrogen functional groups attached to an aromatic ring is 1. The second-order valence-electron chi connectivity index (χ2n) is 8.61. The fourth-order valence-corrected chi connectivity index (χ4v) is 4.24. The van der Waals surface area contributed by atoms with Crippen molar-refractivity contribution in [3.63, 3.8) is 0 Å². The van der Waals surface area contributed by atoms with Crippen molar-refractivity contribution in [2.24, 2.45) is 0 Å². The summed E-state index contributed by atoms with van der Waals surface area (Å²) < 4.78 is 6.89. The summed E-state index contributed by atoms with van der Waals surface area (Å²) in [7, 11) is 1.63. The van der Waals surface area contributed by atoms with Gasteiger partial charge in [0.05, 0.1) is 31.2 Å². The van der Waals surface area contributed by atoms with Crippen LogP contribution >= 0.6 is 0 Å². The van der Waals surface area contributed by atoms with Gasteiger partial charge in [-0.15, -0.1) is 0 Å². The summed E-state index contributed by atoms with van der Waals surface area (Å²) in [5, 5.41) is 9.52. The molecule has 0 aliphatic carbocycles. The third-order valence-electron chi connectivity index (χ3n) is 6.16. The van der Waals surface area contributed by atoms with Crippen LogP contribution in [0.1, 0.15) is 34.8 Å². The Hall–Kier alpha value is -4.46. The van der Waals surface area contributed by atoms with E-state index in [1.165, 1.54) is 11.4 Å². The number of nitrogens with zero attached hydrogens (tertiary/aromatic N) is 5. The number of urea groups is 1. The van der Waals surface area contributed by atoms with Crippen molar-refractivity contribution in [1.82, 2.24) is 24.8 Å². The molecule has 1 fully saturated rings. The summed E-state index contributed by atoms with van der Waals surface area (Å²) in [5.74, 6) is 6.60. The molecule has 5 rings (SSSR count).